The molecule has 0 spiro atoms. The van der Waals surface area contributed by atoms with Crippen molar-refractivity contribution in [3.05, 3.63) is 0 Å². The van der Waals surface area contributed by atoms with Gasteiger partial charge in [0.2, 0.25) is 0 Å². The van der Waals surface area contributed by atoms with E-state index >= 15 is 0 Å². The van der Waals surface area contributed by atoms with Gasteiger partial charge in [0.05, 0.1) is 0 Å². The third kappa shape index (κ3) is 3.44. The number of nitrogens with zero attached hydrogens (tertiary/aromatic N) is 1. The average Bonchev–Trinajstić information content (AvgIpc) is 2.66. The van der Waals surface area contributed by atoms with Crippen LogP contribution < -0.4 is 0 Å². The van der Waals surface area contributed by atoms with Gasteiger partial charge < -0.3 is 4.90 Å². The van der Waals surface area contributed by atoms with Crippen molar-refractivity contribution < 1.29 is 0 Å². The van der Waals surface area contributed by atoms with Crippen LogP contribution in [0.4, 0.5) is 0 Å². The van der Waals surface area contributed by atoms with Gasteiger partial charge in [-0.3, -0.25) is 0 Å². The fourth-order valence-electron chi connectivity index (χ4n) is 1.71. The Hall–Kier alpha value is 0.440. The van der Waals surface area contributed by atoms with Gasteiger partial charge in [0.15, 0.2) is 0 Å². The van der Waals surface area contributed by atoms with Crippen LogP contribution in [0, 0.1) is 17.8 Å². The Bertz CT molecular complexity index is 132. The van der Waals surface area contributed by atoms with Crippen LogP contribution in [0.1, 0.15) is 20.3 Å². The molecule has 0 heterocycles. The first-order valence-corrected chi connectivity index (χ1v) is 6.00. The van der Waals surface area contributed by atoms with Crippen LogP contribution in [0.2, 0.25) is 0 Å². The molecule has 0 aromatic carbocycles. The maximum absolute atomic E-state index is 3.51. The summed E-state index contributed by atoms with van der Waals surface area (Å²) in [4.78, 5) is 2.47. The van der Waals surface area contributed by atoms with Crippen LogP contribution >= 0.6 is 15.9 Å². The third-order valence-electron chi connectivity index (χ3n) is 2.71. The molecule has 3 atom stereocenters. The van der Waals surface area contributed by atoms with Crippen LogP contribution in [0.3, 0.4) is 0 Å². The van der Waals surface area contributed by atoms with E-state index < -0.39 is 0 Å². The highest BCUT2D eigenvalue weighted by Crippen LogP contribution is 2.37. The van der Waals surface area contributed by atoms with E-state index in [0.717, 1.165) is 23.1 Å². The second-order valence-electron chi connectivity index (χ2n) is 4.45. The highest BCUT2D eigenvalue weighted by Gasteiger charge is 2.33. The van der Waals surface area contributed by atoms with Crippen molar-refractivity contribution in [3.8, 4) is 0 Å². The van der Waals surface area contributed by atoms with Gasteiger partial charge in [-0.2, -0.15) is 0 Å². The van der Waals surface area contributed by atoms with E-state index in [1.165, 1.54) is 19.5 Å². The van der Waals surface area contributed by atoms with Crippen LogP contribution in [0.25, 0.3) is 0 Å². The minimum atomic E-state index is 0.782. The quantitative estimate of drug-likeness (QED) is 0.661. The highest BCUT2D eigenvalue weighted by atomic mass is 79.9. The molecule has 1 nitrogen and oxygen atoms in total. The second-order valence-corrected chi connectivity index (χ2v) is 5.10. The fourth-order valence-corrected chi connectivity index (χ4v) is 1.91. The average molecular weight is 234 g/mol. The Kier molecular flexibility index (Phi) is 4.04. The topological polar surface area (TPSA) is 3.24 Å². The molecule has 72 valence electrons. The summed E-state index contributed by atoms with van der Waals surface area (Å²) < 4.78 is 0. The molecule has 0 bridgehead atoms. The third-order valence-corrected chi connectivity index (χ3v) is 3.81. The monoisotopic (exact) mass is 233 g/mol. The Balaban J connectivity index is 2.07. The smallest absolute Gasteiger partial charge is 0.00692 e. The van der Waals surface area contributed by atoms with Gasteiger partial charge in [-0.15, -0.1) is 0 Å². The van der Waals surface area contributed by atoms with Crippen molar-refractivity contribution in [1.82, 2.24) is 4.90 Å². The summed E-state index contributed by atoms with van der Waals surface area (Å²) in [6, 6.07) is 0. The normalized spacial score (nSPS) is 30.8. The minimum absolute atomic E-state index is 0.782. The van der Waals surface area contributed by atoms with Crippen molar-refractivity contribution in [1.29, 1.82) is 0 Å². The second kappa shape index (κ2) is 4.61. The van der Waals surface area contributed by atoms with E-state index in [9.17, 15) is 0 Å². The van der Waals surface area contributed by atoms with E-state index in [4.69, 9.17) is 0 Å². The molecule has 1 aliphatic rings. The predicted octanol–water partition coefficient (Wildman–Crippen LogP) is 2.61. The van der Waals surface area contributed by atoms with E-state index in [1.54, 1.807) is 0 Å². The zero-order valence-electron chi connectivity index (χ0n) is 8.39. The van der Waals surface area contributed by atoms with E-state index in [1.807, 2.05) is 0 Å². The summed E-state index contributed by atoms with van der Waals surface area (Å²) in [7, 11) is 2.24. The van der Waals surface area contributed by atoms with Gasteiger partial charge in [-0.25, -0.2) is 0 Å². The SMILES string of the molecule is CC(CBr)CN(C)CC1CC1C. The maximum Gasteiger partial charge on any atom is 0.00692 e. The molecule has 0 saturated heterocycles. The Morgan fingerprint density at radius 1 is 1.58 bits per heavy atom. The lowest BCUT2D eigenvalue weighted by atomic mass is 10.2. The summed E-state index contributed by atoms with van der Waals surface area (Å²) in [5.41, 5.74) is 0. The van der Waals surface area contributed by atoms with Gasteiger partial charge in [0, 0.05) is 18.4 Å². The van der Waals surface area contributed by atoms with Crippen LogP contribution in [-0.4, -0.2) is 30.4 Å². The lowest BCUT2D eigenvalue weighted by Gasteiger charge is -2.19. The van der Waals surface area contributed by atoms with Gasteiger partial charge in [0.25, 0.3) is 0 Å². The van der Waals surface area contributed by atoms with Crippen LogP contribution in [0.5, 0.6) is 0 Å². The van der Waals surface area contributed by atoms with Gasteiger partial charge in [-0.1, -0.05) is 29.8 Å². The van der Waals surface area contributed by atoms with Crippen molar-refractivity contribution in [3.63, 3.8) is 0 Å². The molecule has 0 aromatic heterocycles. The molecule has 0 N–H and O–H groups in total. The van der Waals surface area contributed by atoms with Crippen LogP contribution in [-0.2, 0) is 0 Å². The zero-order valence-corrected chi connectivity index (χ0v) is 9.97. The fraction of sp³-hybridized carbons (Fsp3) is 1.00. The summed E-state index contributed by atoms with van der Waals surface area (Å²) >= 11 is 3.51. The van der Waals surface area contributed by atoms with Crippen molar-refractivity contribution >= 4 is 15.9 Å². The molecule has 0 aliphatic heterocycles. The summed E-state index contributed by atoms with van der Waals surface area (Å²) in [6.45, 7) is 7.18. The molecular formula is C10H20BrN. The molecule has 0 aromatic rings. The summed E-state index contributed by atoms with van der Waals surface area (Å²) in [5, 5.41) is 1.12. The molecule has 12 heavy (non-hydrogen) atoms. The van der Waals surface area contributed by atoms with Crippen molar-refractivity contribution in [2.75, 3.05) is 25.5 Å². The number of alkyl halides is 1. The maximum atomic E-state index is 3.51. The lowest BCUT2D eigenvalue weighted by Crippen LogP contribution is -2.27. The number of hydrogen-bond acceptors (Lipinski definition) is 1. The zero-order chi connectivity index (χ0) is 9.14. The number of hydrogen-bond donors (Lipinski definition) is 0. The van der Waals surface area contributed by atoms with E-state index in [-0.39, 0.29) is 0 Å². The van der Waals surface area contributed by atoms with Crippen LogP contribution in [0.15, 0.2) is 0 Å². The van der Waals surface area contributed by atoms with Crippen molar-refractivity contribution in [2.24, 2.45) is 17.8 Å². The van der Waals surface area contributed by atoms with Gasteiger partial charge in [0.1, 0.15) is 0 Å². The highest BCUT2D eigenvalue weighted by molar-refractivity contribution is 9.09. The molecule has 2 heteroatoms. The summed E-state index contributed by atoms with van der Waals surface area (Å²) in [6.07, 6.45) is 1.45. The first-order chi connectivity index (χ1) is 5.63. The molecule has 1 fully saturated rings. The number of halogens is 1. The molecule has 0 radical (unpaired) electrons. The first kappa shape index (κ1) is 10.5. The molecule has 1 saturated carbocycles. The van der Waals surface area contributed by atoms with Crippen molar-refractivity contribution in [2.45, 2.75) is 20.3 Å². The molecule has 1 rings (SSSR count). The largest absolute Gasteiger partial charge is 0.306 e. The van der Waals surface area contributed by atoms with Gasteiger partial charge >= 0.3 is 0 Å². The van der Waals surface area contributed by atoms with E-state index in [2.05, 4.69) is 41.7 Å². The molecule has 1 aliphatic carbocycles. The Morgan fingerprint density at radius 2 is 2.17 bits per heavy atom. The Labute approximate surface area is 84.6 Å². The van der Waals surface area contributed by atoms with E-state index in [0.29, 0.717) is 0 Å². The minimum Gasteiger partial charge on any atom is -0.306 e. The molecule has 3 unspecified atom stereocenters. The molecular weight excluding hydrogens is 214 g/mol. The lowest BCUT2D eigenvalue weighted by molar-refractivity contribution is 0.283. The first-order valence-electron chi connectivity index (χ1n) is 4.88. The predicted molar refractivity (Wildman–Crippen MR) is 57.7 cm³/mol. The van der Waals surface area contributed by atoms with Gasteiger partial charge in [-0.05, 0) is 31.2 Å². The number of rotatable bonds is 5. The Morgan fingerprint density at radius 3 is 2.58 bits per heavy atom. The molecule has 0 amide bonds. The standard InChI is InChI=1S/C10H20BrN/c1-8(5-11)6-12(3)7-10-4-9(10)2/h8-10H,4-7H2,1-3H3. The summed E-state index contributed by atoms with van der Waals surface area (Å²) in [5.74, 6) is 2.77.